The van der Waals surface area contributed by atoms with Gasteiger partial charge in [0.25, 0.3) is 0 Å². The van der Waals surface area contributed by atoms with Gasteiger partial charge >= 0.3 is 0 Å². The normalized spacial score (nSPS) is 11.7. The average molecular weight is 199 g/mol. The van der Waals surface area contributed by atoms with Crippen molar-refractivity contribution in [1.82, 2.24) is 4.90 Å². The highest BCUT2D eigenvalue weighted by Crippen LogP contribution is 2.05. The molecule has 0 heterocycles. The molecule has 0 aliphatic carbocycles. The molecule has 0 rings (SSSR count). The summed E-state index contributed by atoms with van der Waals surface area (Å²) in [7, 11) is 2.13. The molecule has 0 aromatic rings. The second-order valence-corrected chi connectivity index (χ2v) is 4.65. The summed E-state index contributed by atoms with van der Waals surface area (Å²) >= 11 is 0. The smallest absolute Gasteiger partial charge is 0.135 e. The van der Waals surface area contributed by atoms with Gasteiger partial charge < -0.3 is 4.90 Å². The Morgan fingerprint density at radius 1 is 1.14 bits per heavy atom. The first-order valence-electron chi connectivity index (χ1n) is 5.68. The van der Waals surface area contributed by atoms with Crippen LogP contribution in [0.25, 0.3) is 0 Å². The molecule has 0 amide bonds. The van der Waals surface area contributed by atoms with Crippen LogP contribution in [0, 0.1) is 5.92 Å². The summed E-state index contributed by atoms with van der Waals surface area (Å²) in [6.07, 6.45) is 2.92. The lowest BCUT2D eigenvalue weighted by atomic mass is 10.0. The van der Waals surface area contributed by atoms with Crippen molar-refractivity contribution < 1.29 is 4.79 Å². The van der Waals surface area contributed by atoms with E-state index in [1.165, 1.54) is 0 Å². The second kappa shape index (κ2) is 6.99. The Hall–Kier alpha value is -0.370. The van der Waals surface area contributed by atoms with Gasteiger partial charge in [0.2, 0.25) is 0 Å². The molecule has 0 fully saturated rings. The van der Waals surface area contributed by atoms with Gasteiger partial charge in [-0.1, -0.05) is 13.8 Å². The molecule has 0 spiro atoms. The minimum absolute atomic E-state index is 0.206. The zero-order valence-electron chi connectivity index (χ0n) is 10.3. The Kier molecular flexibility index (Phi) is 6.81. The third-order valence-electron chi connectivity index (χ3n) is 2.71. The molecule has 14 heavy (non-hydrogen) atoms. The summed E-state index contributed by atoms with van der Waals surface area (Å²) in [6.45, 7) is 9.44. The lowest BCUT2D eigenvalue weighted by Crippen LogP contribution is -2.27. The predicted molar refractivity (Wildman–Crippen MR) is 61.5 cm³/mol. The summed E-state index contributed by atoms with van der Waals surface area (Å²) < 4.78 is 0. The van der Waals surface area contributed by atoms with Crippen LogP contribution < -0.4 is 0 Å². The summed E-state index contributed by atoms with van der Waals surface area (Å²) in [5.74, 6) is 0.607. The Balaban J connectivity index is 3.43. The van der Waals surface area contributed by atoms with E-state index in [0.29, 0.717) is 11.8 Å². The molecule has 0 aliphatic rings. The van der Waals surface area contributed by atoms with Gasteiger partial charge in [0.15, 0.2) is 0 Å². The van der Waals surface area contributed by atoms with Crippen molar-refractivity contribution in [3.8, 4) is 0 Å². The van der Waals surface area contributed by atoms with Gasteiger partial charge in [-0.2, -0.15) is 0 Å². The molecule has 0 saturated carbocycles. The molecule has 0 saturated heterocycles. The molecular formula is C12H25NO. The van der Waals surface area contributed by atoms with Crippen LogP contribution in [-0.2, 0) is 4.79 Å². The number of ketones is 1. The molecule has 84 valence electrons. The maximum atomic E-state index is 11.3. The fourth-order valence-electron chi connectivity index (χ4n) is 1.21. The molecule has 2 nitrogen and oxygen atoms in total. The van der Waals surface area contributed by atoms with Crippen LogP contribution in [0.1, 0.15) is 47.0 Å². The first kappa shape index (κ1) is 13.6. The molecule has 0 aromatic carbocycles. The molecule has 0 N–H and O–H groups in total. The number of nitrogens with zero attached hydrogens (tertiary/aromatic N) is 1. The van der Waals surface area contributed by atoms with E-state index in [2.05, 4.69) is 25.8 Å². The Morgan fingerprint density at radius 3 is 2.14 bits per heavy atom. The summed E-state index contributed by atoms with van der Waals surface area (Å²) in [5, 5.41) is 0. The highest BCUT2D eigenvalue weighted by molar-refractivity contribution is 5.80. The van der Waals surface area contributed by atoms with Gasteiger partial charge in [0, 0.05) is 18.4 Å². The van der Waals surface area contributed by atoms with Crippen molar-refractivity contribution >= 4 is 5.78 Å². The molecular weight excluding hydrogens is 174 g/mol. The van der Waals surface area contributed by atoms with Crippen molar-refractivity contribution in [2.45, 2.75) is 53.0 Å². The van der Waals surface area contributed by atoms with Gasteiger partial charge in [-0.15, -0.1) is 0 Å². The standard InChI is InChI=1S/C12H25NO/c1-10(2)12(14)8-6-7-9-13(5)11(3)4/h10-11H,6-9H2,1-5H3. The van der Waals surface area contributed by atoms with Crippen molar-refractivity contribution in [2.75, 3.05) is 13.6 Å². The lowest BCUT2D eigenvalue weighted by molar-refractivity contribution is -0.122. The summed E-state index contributed by atoms with van der Waals surface area (Å²) in [5.41, 5.74) is 0. The first-order valence-corrected chi connectivity index (χ1v) is 5.68. The van der Waals surface area contributed by atoms with Gasteiger partial charge in [-0.05, 0) is 40.3 Å². The number of Topliss-reactive ketones (excluding diaryl/α,β-unsaturated/α-hetero) is 1. The maximum Gasteiger partial charge on any atom is 0.135 e. The minimum Gasteiger partial charge on any atom is -0.304 e. The fraction of sp³-hybridized carbons (Fsp3) is 0.917. The molecule has 2 heteroatoms. The molecule has 0 radical (unpaired) electrons. The highest BCUT2D eigenvalue weighted by atomic mass is 16.1. The SMILES string of the molecule is CC(C)C(=O)CCCCN(C)C(C)C. The van der Waals surface area contributed by atoms with E-state index in [1.54, 1.807) is 0 Å². The van der Waals surface area contributed by atoms with Gasteiger partial charge in [-0.3, -0.25) is 4.79 Å². The van der Waals surface area contributed by atoms with E-state index in [9.17, 15) is 4.79 Å². The zero-order chi connectivity index (χ0) is 11.1. The van der Waals surface area contributed by atoms with E-state index in [-0.39, 0.29) is 5.92 Å². The van der Waals surface area contributed by atoms with Crippen LogP contribution in [0.4, 0.5) is 0 Å². The quantitative estimate of drug-likeness (QED) is 0.588. The van der Waals surface area contributed by atoms with Crippen LogP contribution in [0.3, 0.4) is 0 Å². The number of rotatable bonds is 7. The highest BCUT2D eigenvalue weighted by Gasteiger charge is 2.07. The van der Waals surface area contributed by atoms with E-state index in [0.717, 1.165) is 25.8 Å². The molecule has 0 atom stereocenters. The number of hydrogen-bond acceptors (Lipinski definition) is 2. The van der Waals surface area contributed by atoms with E-state index in [1.807, 2.05) is 13.8 Å². The largest absolute Gasteiger partial charge is 0.304 e. The number of carbonyl (C=O) groups is 1. The zero-order valence-corrected chi connectivity index (χ0v) is 10.3. The van der Waals surface area contributed by atoms with Crippen LogP contribution >= 0.6 is 0 Å². The Bertz CT molecular complexity index is 164. The Morgan fingerprint density at radius 2 is 1.71 bits per heavy atom. The van der Waals surface area contributed by atoms with Crippen molar-refractivity contribution in [3.05, 3.63) is 0 Å². The topological polar surface area (TPSA) is 20.3 Å². The van der Waals surface area contributed by atoms with Crippen molar-refractivity contribution in [2.24, 2.45) is 5.92 Å². The average Bonchev–Trinajstić information content (AvgIpc) is 2.11. The van der Waals surface area contributed by atoms with E-state index in [4.69, 9.17) is 0 Å². The summed E-state index contributed by atoms with van der Waals surface area (Å²) in [4.78, 5) is 13.6. The third-order valence-corrected chi connectivity index (χ3v) is 2.71. The molecule has 0 aliphatic heterocycles. The van der Waals surface area contributed by atoms with E-state index < -0.39 is 0 Å². The number of carbonyl (C=O) groups excluding carboxylic acids is 1. The number of hydrogen-bond donors (Lipinski definition) is 0. The molecule has 0 aromatic heterocycles. The monoisotopic (exact) mass is 199 g/mol. The van der Waals surface area contributed by atoms with Crippen LogP contribution in [0.2, 0.25) is 0 Å². The van der Waals surface area contributed by atoms with Crippen molar-refractivity contribution in [3.63, 3.8) is 0 Å². The first-order chi connectivity index (χ1) is 6.45. The predicted octanol–water partition coefficient (Wildman–Crippen LogP) is 2.72. The fourth-order valence-corrected chi connectivity index (χ4v) is 1.21. The van der Waals surface area contributed by atoms with Crippen molar-refractivity contribution in [1.29, 1.82) is 0 Å². The van der Waals surface area contributed by atoms with E-state index >= 15 is 0 Å². The summed E-state index contributed by atoms with van der Waals surface area (Å²) in [6, 6.07) is 0.607. The van der Waals surface area contributed by atoms with Gasteiger partial charge in [-0.25, -0.2) is 0 Å². The maximum absolute atomic E-state index is 11.3. The lowest BCUT2D eigenvalue weighted by Gasteiger charge is -2.20. The molecule has 0 unspecified atom stereocenters. The van der Waals surface area contributed by atoms with Crippen LogP contribution in [-0.4, -0.2) is 30.3 Å². The van der Waals surface area contributed by atoms with Gasteiger partial charge in [0.05, 0.1) is 0 Å². The Labute approximate surface area is 88.7 Å². The van der Waals surface area contributed by atoms with Crippen LogP contribution in [0.5, 0.6) is 0 Å². The number of unbranched alkanes of at least 4 members (excludes halogenated alkanes) is 1. The third kappa shape index (κ3) is 6.14. The minimum atomic E-state index is 0.206. The second-order valence-electron chi connectivity index (χ2n) is 4.65. The molecule has 0 bridgehead atoms. The van der Waals surface area contributed by atoms with Gasteiger partial charge in [0.1, 0.15) is 5.78 Å². The van der Waals surface area contributed by atoms with Crippen LogP contribution in [0.15, 0.2) is 0 Å².